The van der Waals surface area contributed by atoms with E-state index in [1.54, 1.807) is 11.9 Å². The number of aliphatic hydroxyl groups excluding tert-OH is 1. The van der Waals surface area contributed by atoms with Crippen molar-refractivity contribution < 1.29 is 14.6 Å². The number of hydrogen-bond donors (Lipinski definition) is 1. The zero-order valence-electron chi connectivity index (χ0n) is 11.6. The summed E-state index contributed by atoms with van der Waals surface area (Å²) in [5.74, 6) is 5.49. The number of nitrogens with zero attached hydrogens (tertiary/aromatic N) is 1. The second-order valence-electron chi connectivity index (χ2n) is 4.85. The first-order valence-electron chi connectivity index (χ1n) is 6.76. The molecule has 1 saturated heterocycles. The van der Waals surface area contributed by atoms with Crippen molar-refractivity contribution in [3.8, 4) is 11.8 Å². The quantitative estimate of drug-likeness (QED) is 0.841. The number of benzene rings is 1. The van der Waals surface area contributed by atoms with Gasteiger partial charge in [-0.15, -0.1) is 0 Å². The summed E-state index contributed by atoms with van der Waals surface area (Å²) in [6.45, 7) is 1.11. The highest BCUT2D eigenvalue weighted by Crippen LogP contribution is 2.15. The zero-order chi connectivity index (χ0) is 14.4. The van der Waals surface area contributed by atoms with Crippen LogP contribution >= 0.6 is 0 Å². The van der Waals surface area contributed by atoms with E-state index in [1.165, 1.54) is 0 Å². The lowest BCUT2D eigenvalue weighted by molar-refractivity contribution is -0.140. The second kappa shape index (κ2) is 7.09. The molecule has 4 nitrogen and oxygen atoms in total. The van der Waals surface area contributed by atoms with Crippen molar-refractivity contribution in [3.63, 3.8) is 0 Å². The Morgan fingerprint density at radius 1 is 1.45 bits per heavy atom. The fraction of sp³-hybridized carbons (Fsp3) is 0.438. The third kappa shape index (κ3) is 3.83. The van der Waals surface area contributed by atoms with Crippen LogP contribution < -0.4 is 0 Å². The van der Waals surface area contributed by atoms with Crippen LogP contribution in [0.1, 0.15) is 24.0 Å². The van der Waals surface area contributed by atoms with E-state index in [0.29, 0.717) is 13.2 Å². The molecule has 0 saturated carbocycles. The predicted octanol–water partition coefficient (Wildman–Crippen LogP) is 1.17. The molecule has 1 heterocycles. The summed E-state index contributed by atoms with van der Waals surface area (Å²) in [5.41, 5.74) is 1.91. The first-order chi connectivity index (χ1) is 9.70. The number of amides is 1. The van der Waals surface area contributed by atoms with Gasteiger partial charge in [0.05, 0.1) is 0 Å². The maximum Gasteiger partial charge on any atom is 0.251 e. The lowest BCUT2D eigenvalue weighted by Gasteiger charge is -2.20. The van der Waals surface area contributed by atoms with Crippen molar-refractivity contribution in [2.24, 2.45) is 0 Å². The largest absolute Gasteiger partial charge is 0.384 e. The molecule has 0 aromatic heterocycles. The summed E-state index contributed by atoms with van der Waals surface area (Å²) in [5, 5.41) is 8.64. The van der Waals surface area contributed by atoms with Gasteiger partial charge < -0.3 is 14.7 Å². The van der Waals surface area contributed by atoms with Crippen LogP contribution in [0.4, 0.5) is 0 Å². The first kappa shape index (κ1) is 14.6. The van der Waals surface area contributed by atoms with E-state index in [2.05, 4.69) is 11.8 Å². The Morgan fingerprint density at radius 3 is 2.80 bits per heavy atom. The monoisotopic (exact) mass is 273 g/mol. The highest BCUT2D eigenvalue weighted by Gasteiger charge is 2.26. The van der Waals surface area contributed by atoms with E-state index in [-0.39, 0.29) is 18.6 Å². The number of carbonyl (C=O) groups excluding carboxylic acids is 1. The molecule has 0 aliphatic carbocycles. The van der Waals surface area contributed by atoms with E-state index in [1.807, 2.05) is 24.3 Å². The van der Waals surface area contributed by atoms with Gasteiger partial charge in [0.25, 0.3) is 5.91 Å². The molecule has 1 N–H and O–H groups in total. The van der Waals surface area contributed by atoms with Crippen molar-refractivity contribution in [1.82, 2.24) is 4.90 Å². The molecule has 4 heteroatoms. The normalized spacial score (nSPS) is 17.4. The van der Waals surface area contributed by atoms with Crippen molar-refractivity contribution in [1.29, 1.82) is 0 Å². The van der Waals surface area contributed by atoms with Gasteiger partial charge >= 0.3 is 0 Å². The Bertz CT molecular complexity index is 507. The Morgan fingerprint density at radius 2 is 2.20 bits per heavy atom. The molecule has 0 bridgehead atoms. The minimum Gasteiger partial charge on any atom is -0.384 e. The number of carbonyl (C=O) groups is 1. The molecule has 0 spiro atoms. The third-order valence-electron chi connectivity index (χ3n) is 3.27. The molecule has 1 fully saturated rings. The molecule has 1 aliphatic heterocycles. The maximum atomic E-state index is 12.1. The number of hydrogen-bond acceptors (Lipinski definition) is 3. The summed E-state index contributed by atoms with van der Waals surface area (Å²) in [6.07, 6.45) is 1.51. The van der Waals surface area contributed by atoms with Crippen LogP contribution in [-0.2, 0) is 16.1 Å². The lowest BCUT2D eigenvalue weighted by atomic mass is 10.1. The van der Waals surface area contributed by atoms with Gasteiger partial charge in [-0.3, -0.25) is 4.79 Å². The van der Waals surface area contributed by atoms with E-state index < -0.39 is 0 Å². The van der Waals surface area contributed by atoms with Crippen LogP contribution in [-0.4, -0.2) is 42.3 Å². The number of ether oxygens (including phenoxy) is 1. The van der Waals surface area contributed by atoms with Crippen LogP contribution in [0.25, 0.3) is 0 Å². The predicted molar refractivity (Wildman–Crippen MR) is 75.9 cm³/mol. The Balaban J connectivity index is 1.93. The highest BCUT2D eigenvalue weighted by molar-refractivity contribution is 5.80. The first-order valence-corrected chi connectivity index (χ1v) is 6.76. The van der Waals surface area contributed by atoms with E-state index in [0.717, 1.165) is 24.0 Å². The molecular weight excluding hydrogens is 254 g/mol. The van der Waals surface area contributed by atoms with Crippen LogP contribution in [0.15, 0.2) is 24.3 Å². The number of aliphatic hydroxyl groups is 1. The van der Waals surface area contributed by atoms with E-state index in [4.69, 9.17) is 9.84 Å². The van der Waals surface area contributed by atoms with Crippen LogP contribution in [0.3, 0.4) is 0 Å². The van der Waals surface area contributed by atoms with Crippen molar-refractivity contribution in [2.75, 3.05) is 20.3 Å². The smallest absolute Gasteiger partial charge is 0.251 e. The van der Waals surface area contributed by atoms with Gasteiger partial charge in [-0.25, -0.2) is 0 Å². The lowest BCUT2D eigenvalue weighted by Crippen LogP contribution is -2.35. The fourth-order valence-corrected chi connectivity index (χ4v) is 2.21. The second-order valence-corrected chi connectivity index (χ2v) is 4.85. The average Bonchev–Trinajstić information content (AvgIpc) is 3.00. The number of likely N-dealkylation sites (N-methyl/N-ethyl adjacent to an activating group) is 1. The van der Waals surface area contributed by atoms with Crippen LogP contribution in [0, 0.1) is 11.8 Å². The molecule has 2 rings (SSSR count). The van der Waals surface area contributed by atoms with Gasteiger partial charge in [0.1, 0.15) is 12.7 Å². The fourth-order valence-electron chi connectivity index (χ4n) is 2.21. The molecule has 106 valence electrons. The van der Waals surface area contributed by atoms with Crippen molar-refractivity contribution in [3.05, 3.63) is 35.4 Å². The van der Waals surface area contributed by atoms with Gasteiger partial charge in [-0.2, -0.15) is 0 Å². The van der Waals surface area contributed by atoms with Crippen LogP contribution in [0.5, 0.6) is 0 Å². The Hall–Kier alpha value is -1.83. The molecule has 1 amide bonds. The minimum absolute atomic E-state index is 0.0478. The number of rotatable bonds is 3. The highest BCUT2D eigenvalue weighted by atomic mass is 16.5. The molecular formula is C16H19NO3. The molecule has 1 aliphatic rings. The zero-order valence-corrected chi connectivity index (χ0v) is 11.6. The molecule has 1 unspecified atom stereocenters. The Kier molecular flexibility index (Phi) is 5.16. The molecule has 20 heavy (non-hydrogen) atoms. The summed E-state index contributed by atoms with van der Waals surface area (Å²) in [6, 6.07) is 7.67. The topological polar surface area (TPSA) is 49.8 Å². The van der Waals surface area contributed by atoms with Gasteiger partial charge in [-0.1, -0.05) is 24.0 Å². The summed E-state index contributed by atoms with van der Waals surface area (Å²) < 4.78 is 5.40. The summed E-state index contributed by atoms with van der Waals surface area (Å²) in [7, 11) is 1.80. The van der Waals surface area contributed by atoms with Gasteiger partial charge in [0.2, 0.25) is 0 Å². The third-order valence-corrected chi connectivity index (χ3v) is 3.27. The SMILES string of the molecule is CN(Cc1ccc(C#CCO)cc1)C(=O)C1CCCO1. The van der Waals surface area contributed by atoms with E-state index >= 15 is 0 Å². The van der Waals surface area contributed by atoms with Gasteiger partial charge in [-0.05, 0) is 30.5 Å². The Labute approximate surface area is 119 Å². The van der Waals surface area contributed by atoms with Gasteiger partial charge in [0, 0.05) is 25.8 Å². The molecule has 1 aromatic rings. The minimum atomic E-state index is -0.269. The molecule has 1 atom stereocenters. The standard InChI is InChI=1S/C16H19NO3/c1-17(16(19)15-5-3-11-20-15)12-14-8-6-13(7-9-14)4-2-10-18/h6-9,15,18H,3,5,10-12H2,1H3. The molecule has 0 radical (unpaired) electrons. The summed E-state index contributed by atoms with van der Waals surface area (Å²) >= 11 is 0. The maximum absolute atomic E-state index is 12.1. The van der Waals surface area contributed by atoms with Crippen LogP contribution in [0.2, 0.25) is 0 Å². The van der Waals surface area contributed by atoms with E-state index in [9.17, 15) is 4.79 Å². The molecule has 1 aromatic carbocycles. The average molecular weight is 273 g/mol. The summed E-state index contributed by atoms with van der Waals surface area (Å²) in [4.78, 5) is 13.8. The van der Waals surface area contributed by atoms with Crippen molar-refractivity contribution >= 4 is 5.91 Å². The van der Waals surface area contributed by atoms with Gasteiger partial charge in [0.15, 0.2) is 0 Å². The van der Waals surface area contributed by atoms with Crippen molar-refractivity contribution in [2.45, 2.75) is 25.5 Å².